The Morgan fingerprint density at radius 1 is 1.27 bits per heavy atom. The molecule has 4 nitrogen and oxygen atoms in total. The number of halogens is 3. The summed E-state index contributed by atoms with van der Waals surface area (Å²) in [4.78, 5) is 13.6. The van der Waals surface area contributed by atoms with Crippen LogP contribution in [0.2, 0.25) is 10.0 Å². The minimum absolute atomic E-state index is 0.167. The van der Waals surface area contributed by atoms with Crippen molar-refractivity contribution in [3.8, 4) is 5.75 Å². The standard InChI is InChI=1S/C19H21Cl2FN2O2/c1-4-24(11-13-5-8-18(26-3)16(22)9-13)12(2)19(25)23-17-7-6-14(20)10-15(17)21/h5-10,12H,4,11H2,1-3H3,(H,23,25)/p+1/t12-/m1/s1. The number of quaternary nitrogens is 1. The van der Waals surface area contributed by atoms with Gasteiger partial charge in [0, 0.05) is 10.6 Å². The number of benzene rings is 2. The first-order chi connectivity index (χ1) is 12.3. The van der Waals surface area contributed by atoms with Gasteiger partial charge in [0.2, 0.25) is 0 Å². The van der Waals surface area contributed by atoms with Crippen LogP contribution in [0.3, 0.4) is 0 Å². The topological polar surface area (TPSA) is 42.8 Å². The van der Waals surface area contributed by atoms with Gasteiger partial charge in [-0.25, -0.2) is 4.39 Å². The average Bonchev–Trinajstić information content (AvgIpc) is 2.61. The summed E-state index contributed by atoms with van der Waals surface area (Å²) in [6.07, 6.45) is 0. The van der Waals surface area contributed by atoms with E-state index in [0.717, 1.165) is 10.5 Å². The van der Waals surface area contributed by atoms with Crippen LogP contribution < -0.4 is 15.0 Å². The van der Waals surface area contributed by atoms with Crippen molar-refractivity contribution in [1.82, 2.24) is 0 Å². The molecule has 0 heterocycles. The molecule has 1 unspecified atom stereocenters. The fourth-order valence-electron chi connectivity index (χ4n) is 2.68. The molecule has 2 atom stereocenters. The van der Waals surface area contributed by atoms with E-state index in [-0.39, 0.29) is 17.7 Å². The lowest BCUT2D eigenvalue weighted by atomic mass is 10.1. The van der Waals surface area contributed by atoms with Gasteiger partial charge in [-0.3, -0.25) is 4.79 Å². The van der Waals surface area contributed by atoms with Gasteiger partial charge < -0.3 is 15.0 Å². The zero-order chi connectivity index (χ0) is 19.3. The minimum Gasteiger partial charge on any atom is -0.494 e. The van der Waals surface area contributed by atoms with E-state index in [9.17, 15) is 9.18 Å². The molecule has 1 amide bonds. The maximum atomic E-state index is 13.9. The summed E-state index contributed by atoms with van der Waals surface area (Å²) in [6.45, 7) is 5.03. The lowest BCUT2D eigenvalue weighted by Gasteiger charge is -2.24. The van der Waals surface area contributed by atoms with Gasteiger partial charge in [0.25, 0.3) is 5.91 Å². The van der Waals surface area contributed by atoms with Gasteiger partial charge >= 0.3 is 0 Å². The highest BCUT2D eigenvalue weighted by Gasteiger charge is 2.25. The summed E-state index contributed by atoms with van der Waals surface area (Å²) in [5.74, 6) is -0.375. The minimum atomic E-state index is -0.412. The molecule has 2 rings (SSSR count). The number of methoxy groups -OCH3 is 1. The normalized spacial score (nSPS) is 13.2. The number of amides is 1. The molecular formula is C19H22Cl2FN2O2+. The van der Waals surface area contributed by atoms with Crippen LogP contribution in [-0.4, -0.2) is 25.6 Å². The van der Waals surface area contributed by atoms with E-state index in [1.165, 1.54) is 13.2 Å². The van der Waals surface area contributed by atoms with Crippen molar-refractivity contribution >= 4 is 34.8 Å². The molecule has 0 aliphatic rings. The first kappa shape index (κ1) is 20.5. The van der Waals surface area contributed by atoms with Gasteiger partial charge in [-0.1, -0.05) is 23.2 Å². The lowest BCUT2D eigenvalue weighted by molar-refractivity contribution is -0.925. The van der Waals surface area contributed by atoms with Crippen molar-refractivity contribution in [1.29, 1.82) is 0 Å². The molecule has 0 aliphatic carbocycles. The van der Waals surface area contributed by atoms with E-state index >= 15 is 0 Å². The van der Waals surface area contributed by atoms with Gasteiger partial charge in [0.05, 0.1) is 24.4 Å². The smallest absolute Gasteiger partial charge is 0.282 e. The number of hydrogen-bond donors (Lipinski definition) is 2. The van der Waals surface area contributed by atoms with Gasteiger partial charge in [-0.2, -0.15) is 0 Å². The molecule has 0 aromatic heterocycles. The molecule has 0 aliphatic heterocycles. The van der Waals surface area contributed by atoms with Crippen LogP contribution in [0.15, 0.2) is 36.4 Å². The molecule has 2 N–H and O–H groups in total. The predicted molar refractivity (Wildman–Crippen MR) is 103 cm³/mol. The number of carbonyl (C=O) groups is 1. The van der Waals surface area contributed by atoms with E-state index in [4.69, 9.17) is 27.9 Å². The van der Waals surface area contributed by atoms with E-state index in [1.54, 1.807) is 30.3 Å². The van der Waals surface area contributed by atoms with Crippen molar-refractivity contribution in [2.24, 2.45) is 0 Å². The summed E-state index contributed by atoms with van der Waals surface area (Å²) >= 11 is 12.0. The SMILES string of the molecule is CC[NH+](Cc1ccc(OC)c(F)c1)[C@H](C)C(=O)Nc1ccc(Cl)cc1Cl. The zero-order valence-electron chi connectivity index (χ0n) is 14.9. The number of hydrogen-bond acceptors (Lipinski definition) is 2. The fraction of sp³-hybridized carbons (Fsp3) is 0.316. The molecule has 0 saturated heterocycles. The number of ether oxygens (including phenoxy) is 1. The first-order valence-electron chi connectivity index (χ1n) is 8.28. The summed E-state index contributed by atoms with van der Waals surface area (Å²) in [5.41, 5.74) is 1.31. The molecule has 0 saturated carbocycles. The van der Waals surface area contributed by atoms with Crippen LogP contribution in [0.25, 0.3) is 0 Å². The molecule has 0 bridgehead atoms. The van der Waals surface area contributed by atoms with E-state index in [2.05, 4.69) is 5.32 Å². The summed E-state index contributed by atoms with van der Waals surface area (Å²) in [6, 6.07) is 9.40. The third kappa shape index (κ3) is 5.10. The summed E-state index contributed by atoms with van der Waals surface area (Å²) in [5, 5.41) is 3.71. The van der Waals surface area contributed by atoms with Crippen molar-refractivity contribution in [2.75, 3.05) is 19.0 Å². The Balaban J connectivity index is 2.08. The third-order valence-electron chi connectivity index (χ3n) is 4.30. The van der Waals surface area contributed by atoms with Gasteiger partial charge in [0.15, 0.2) is 17.6 Å². The second-order valence-corrected chi connectivity index (χ2v) is 6.84. The first-order valence-corrected chi connectivity index (χ1v) is 9.04. The Hall–Kier alpha value is -1.82. The Morgan fingerprint density at radius 3 is 2.58 bits per heavy atom. The fourth-order valence-corrected chi connectivity index (χ4v) is 3.14. The van der Waals surface area contributed by atoms with Gasteiger partial charge in [-0.05, 0) is 50.2 Å². The second kappa shape index (κ2) is 9.21. The van der Waals surface area contributed by atoms with Crippen LogP contribution in [-0.2, 0) is 11.3 Å². The maximum absolute atomic E-state index is 13.9. The van der Waals surface area contributed by atoms with Gasteiger partial charge in [-0.15, -0.1) is 0 Å². The molecular weight excluding hydrogens is 378 g/mol. The molecule has 2 aromatic carbocycles. The maximum Gasteiger partial charge on any atom is 0.282 e. The molecule has 2 aromatic rings. The number of nitrogens with one attached hydrogen (secondary N) is 2. The van der Waals surface area contributed by atoms with Crippen LogP contribution in [0, 0.1) is 5.82 Å². The molecule has 140 valence electrons. The van der Waals surface area contributed by atoms with E-state index in [1.807, 2.05) is 13.8 Å². The highest BCUT2D eigenvalue weighted by atomic mass is 35.5. The second-order valence-electron chi connectivity index (χ2n) is 5.99. The molecule has 0 spiro atoms. The number of likely N-dealkylation sites (N-methyl/N-ethyl adjacent to an activating group) is 1. The lowest BCUT2D eigenvalue weighted by Crippen LogP contribution is -3.15. The number of carbonyl (C=O) groups excluding carboxylic acids is 1. The average molecular weight is 400 g/mol. The van der Waals surface area contributed by atoms with Crippen molar-refractivity contribution in [2.45, 2.75) is 26.4 Å². The molecule has 26 heavy (non-hydrogen) atoms. The largest absolute Gasteiger partial charge is 0.494 e. The number of rotatable bonds is 7. The Morgan fingerprint density at radius 2 is 2.00 bits per heavy atom. The van der Waals surface area contributed by atoms with Crippen molar-refractivity contribution in [3.05, 3.63) is 57.8 Å². The zero-order valence-corrected chi connectivity index (χ0v) is 16.4. The van der Waals surface area contributed by atoms with E-state index in [0.29, 0.717) is 28.8 Å². The Labute approximate surface area is 162 Å². The summed E-state index contributed by atoms with van der Waals surface area (Å²) < 4.78 is 18.8. The highest BCUT2D eigenvalue weighted by molar-refractivity contribution is 6.36. The van der Waals surface area contributed by atoms with Crippen LogP contribution >= 0.6 is 23.2 Å². The van der Waals surface area contributed by atoms with Crippen molar-refractivity contribution in [3.63, 3.8) is 0 Å². The van der Waals surface area contributed by atoms with Crippen LogP contribution in [0.1, 0.15) is 19.4 Å². The quantitative estimate of drug-likeness (QED) is 0.746. The number of anilines is 1. The molecule has 0 fully saturated rings. The van der Waals surface area contributed by atoms with Crippen LogP contribution in [0.5, 0.6) is 5.75 Å². The third-order valence-corrected chi connectivity index (χ3v) is 4.84. The predicted octanol–water partition coefficient (Wildman–Crippen LogP) is 3.57. The van der Waals surface area contributed by atoms with Crippen LogP contribution in [0.4, 0.5) is 10.1 Å². The Kier molecular flexibility index (Phi) is 7.26. The summed E-state index contributed by atoms with van der Waals surface area (Å²) in [7, 11) is 1.43. The van der Waals surface area contributed by atoms with E-state index < -0.39 is 5.82 Å². The molecule has 0 radical (unpaired) electrons. The monoisotopic (exact) mass is 399 g/mol. The van der Waals surface area contributed by atoms with Gasteiger partial charge in [0.1, 0.15) is 6.54 Å². The van der Waals surface area contributed by atoms with Crippen molar-refractivity contribution < 1.29 is 18.8 Å². The molecule has 7 heteroatoms. The highest BCUT2D eigenvalue weighted by Crippen LogP contribution is 2.25. The Bertz CT molecular complexity index is 786.